The van der Waals surface area contributed by atoms with Crippen molar-refractivity contribution in [3.8, 4) is 16.2 Å². The van der Waals surface area contributed by atoms with Crippen LogP contribution >= 0.6 is 11.3 Å². The molecule has 20 nitrogen and oxygen atoms in total. The van der Waals surface area contributed by atoms with Crippen LogP contribution in [0.5, 0.6) is 5.75 Å². The summed E-state index contributed by atoms with van der Waals surface area (Å²) in [5, 5.41) is 30.8. The van der Waals surface area contributed by atoms with Gasteiger partial charge in [-0.25, -0.2) is 23.9 Å². The van der Waals surface area contributed by atoms with E-state index < -0.39 is 29.4 Å². The lowest BCUT2D eigenvalue weighted by Gasteiger charge is -2.35. The Balaban J connectivity index is 0.746. The molecular weight excluding hydrogens is 1070 g/mol. The number of likely N-dealkylation sites (tertiary alicyclic amines) is 1. The molecule has 0 spiro atoms. The Morgan fingerprint density at radius 1 is 0.866 bits per heavy atom. The minimum Gasteiger partial charge on any atom is -0.494 e. The van der Waals surface area contributed by atoms with E-state index in [1.54, 1.807) is 67.0 Å². The number of aromatic nitrogens is 3. The summed E-state index contributed by atoms with van der Waals surface area (Å²) in [4.78, 5) is 68.4. The number of anilines is 1. The molecule has 3 atom stereocenters. The molecule has 0 aliphatic carbocycles. The van der Waals surface area contributed by atoms with Crippen LogP contribution in [0.15, 0.2) is 90.8 Å². The molecule has 1 fully saturated rings. The van der Waals surface area contributed by atoms with Gasteiger partial charge in [0, 0.05) is 68.7 Å². The molecule has 0 unspecified atom stereocenters. The van der Waals surface area contributed by atoms with Crippen molar-refractivity contribution in [2.75, 3.05) is 71.7 Å². The Morgan fingerprint density at radius 2 is 1.56 bits per heavy atom. The fraction of sp³-hybridized carbons (Fsp3) is 0.483. The molecule has 8 N–H and O–H groups in total. The number of nitrogens with two attached hydrogens (primary N) is 1. The molecule has 2 aromatic heterocycles. The highest BCUT2D eigenvalue weighted by molar-refractivity contribution is 7.13. The second-order valence-electron chi connectivity index (χ2n) is 21.2. The Kier molecular flexibility index (Phi) is 25.7. The van der Waals surface area contributed by atoms with Crippen LogP contribution in [0.25, 0.3) is 10.4 Å². The van der Waals surface area contributed by atoms with Crippen LogP contribution in [0.2, 0.25) is 0 Å². The number of aryl methyl sites for hydroxylation is 1. The molecule has 442 valence electrons. The number of ether oxygens (including phenoxy) is 4. The van der Waals surface area contributed by atoms with Gasteiger partial charge in [-0.2, -0.15) is 5.41 Å². The molecule has 1 aliphatic rings. The van der Waals surface area contributed by atoms with Crippen molar-refractivity contribution in [2.45, 2.75) is 117 Å². The van der Waals surface area contributed by atoms with Crippen LogP contribution in [0.3, 0.4) is 0 Å². The molecule has 82 heavy (non-hydrogen) atoms. The van der Waals surface area contributed by atoms with E-state index in [4.69, 9.17) is 30.1 Å². The minimum atomic E-state index is -0.881. The largest absolute Gasteiger partial charge is 0.494 e. The number of β-amino-alcohol motifs (C(OH)–C–C–N with tert-alkyl or cyclic N) is 1. The van der Waals surface area contributed by atoms with Crippen LogP contribution < -0.4 is 31.7 Å². The van der Waals surface area contributed by atoms with Gasteiger partial charge in [-0.05, 0) is 98.0 Å². The number of carbonyl (C=O) groups is 4. The van der Waals surface area contributed by atoms with E-state index in [-0.39, 0.29) is 68.5 Å². The molecule has 22 heteroatoms. The van der Waals surface area contributed by atoms with Crippen LogP contribution in [-0.2, 0) is 41.7 Å². The minimum absolute atomic E-state index is 0.0126. The molecule has 6 rings (SSSR count). The number of aliphatic hydroxyl groups excluding tert-OH is 1. The Morgan fingerprint density at radius 3 is 2.23 bits per heavy atom. The van der Waals surface area contributed by atoms with Gasteiger partial charge in [0.1, 0.15) is 42.2 Å². The summed E-state index contributed by atoms with van der Waals surface area (Å²) in [6.45, 7) is 11.5. The molecule has 0 saturated carbocycles. The molecular formula is C60H81FN11O9S+. The first-order valence-corrected chi connectivity index (χ1v) is 28.9. The topological polar surface area (TPSA) is 268 Å². The zero-order chi connectivity index (χ0) is 58.9. The van der Waals surface area contributed by atoms with E-state index in [1.165, 1.54) is 21.9 Å². The number of halogens is 1. The average molecular weight is 1150 g/mol. The fourth-order valence-corrected chi connectivity index (χ4v) is 9.76. The van der Waals surface area contributed by atoms with Gasteiger partial charge in [-0.15, -0.1) is 11.3 Å². The number of aliphatic hydroxyl groups is 1. The third-order valence-corrected chi connectivity index (χ3v) is 14.7. The number of benzene rings is 3. The van der Waals surface area contributed by atoms with Crippen LogP contribution in [0.1, 0.15) is 111 Å². The molecule has 3 aromatic carbocycles. The molecule has 4 amide bonds. The standard InChI is InChI=1S/C60H80FN11O9S/c1-41-54(82-40-69-41)43-19-17-42(18-20-43)35-66-58(76)51-34-47(73)38-72(51)59(77)55(60(2,3)4)70-53(74)16-9-8-11-26-79-29-31-80-30-28-78-25-10-6-7-12-27-81-48-21-22-49(61)45(33-48)36-67-57(75)44-14-13-15-46(32-44)65-37-52(62)71(5)56(63)50-23-24-64-39-68-50/h13-15,17-24,32-33,39-40,47,51,55,62-63,65,73H,6-12,16,25-31,34-38H2,1-5H3,(H3,66,67,70,74,75,76)/p+1/t47-,51+,55-/m1/s1. The maximum atomic E-state index is 14.7. The summed E-state index contributed by atoms with van der Waals surface area (Å²) >= 11 is 1.57. The summed E-state index contributed by atoms with van der Waals surface area (Å²) in [6.07, 6.45) is 8.22. The van der Waals surface area contributed by atoms with E-state index in [0.29, 0.717) is 86.8 Å². The predicted octanol–water partition coefficient (Wildman–Crippen LogP) is 6.77. The molecule has 1 aliphatic heterocycles. The highest BCUT2D eigenvalue weighted by Crippen LogP contribution is 2.29. The summed E-state index contributed by atoms with van der Waals surface area (Å²) in [6, 6.07) is 19.1. The number of nitrogens with zero attached hydrogens (tertiary/aromatic N) is 5. The monoisotopic (exact) mass is 1150 g/mol. The maximum absolute atomic E-state index is 14.7. The first-order valence-electron chi connectivity index (χ1n) is 28.0. The number of nitrogens with one attached hydrogen (secondary N) is 5. The summed E-state index contributed by atoms with van der Waals surface area (Å²) in [5.74, 6) is -0.796. The summed E-state index contributed by atoms with van der Waals surface area (Å²) < 4.78 is 39.2. The third-order valence-electron chi connectivity index (χ3n) is 13.7. The van der Waals surface area contributed by atoms with E-state index in [0.717, 1.165) is 60.2 Å². The van der Waals surface area contributed by atoms with Gasteiger partial charge in [0.25, 0.3) is 11.7 Å². The highest BCUT2D eigenvalue weighted by Gasteiger charge is 2.44. The van der Waals surface area contributed by atoms with Gasteiger partial charge in [0.15, 0.2) is 0 Å². The number of thiazole rings is 1. The lowest BCUT2D eigenvalue weighted by atomic mass is 9.85. The van der Waals surface area contributed by atoms with Crippen LogP contribution in [-0.4, -0.2) is 149 Å². The van der Waals surface area contributed by atoms with Crippen molar-refractivity contribution in [2.24, 2.45) is 11.1 Å². The second-order valence-corrected chi connectivity index (χ2v) is 22.1. The number of rotatable bonds is 33. The van der Waals surface area contributed by atoms with Crippen LogP contribution in [0.4, 0.5) is 10.1 Å². The molecule has 0 radical (unpaired) electrons. The van der Waals surface area contributed by atoms with Gasteiger partial charge < -0.3 is 56.0 Å². The number of hydrogen-bond donors (Lipinski definition) is 7. The average Bonchev–Trinajstić information content (AvgIpc) is 4.21. The predicted molar refractivity (Wildman–Crippen MR) is 313 cm³/mol. The van der Waals surface area contributed by atoms with Gasteiger partial charge in [0.2, 0.25) is 23.6 Å². The maximum Gasteiger partial charge on any atom is 0.280 e. The third kappa shape index (κ3) is 20.6. The summed E-state index contributed by atoms with van der Waals surface area (Å²) in [7, 11) is 1.67. The first-order chi connectivity index (χ1) is 39.5. The number of carbonyl (C=O) groups excluding carboxylic acids is 4. The van der Waals surface area contributed by atoms with Crippen molar-refractivity contribution in [3.63, 3.8) is 0 Å². The molecule has 3 heterocycles. The summed E-state index contributed by atoms with van der Waals surface area (Å²) in [5.41, 5.74) is 12.1. The molecule has 1 saturated heterocycles. The van der Waals surface area contributed by atoms with Crippen molar-refractivity contribution >= 4 is 52.3 Å². The van der Waals surface area contributed by atoms with E-state index >= 15 is 0 Å². The normalized spacial score (nSPS) is 14.9. The zero-order valence-corrected chi connectivity index (χ0v) is 48.7. The van der Waals surface area contributed by atoms with E-state index in [2.05, 4.69) is 36.2 Å². The Bertz CT molecular complexity index is 2890. The Hall–Kier alpha value is -7.24. The van der Waals surface area contributed by atoms with Gasteiger partial charge in [-0.1, -0.05) is 63.9 Å². The zero-order valence-electron chi connectivity index (χ0n) is 47.8. The lowest BCUT2D eigenvalue weighted by molar-refractivity contribution is -0.373. The number of hydrogen-bond acceptors (Lipinski definition) is 15. The second kappa shape index (κ2) is 33.0. The number of amidine groups is 2. The highest BCUT2D eigenvalue weighted by atomic mass is 32.1. The first kappa shape index (κ1) is 63.9. The Labute approximate surface area is 484 Å². The fourth-order valence-electron chi connectivity index (χ4n) is 8.95. The smallest absolute Gasteiger partial charge is 0.280 e. The number of amides is 4. The van der Waals surface area contributed by atoms with E-state index in [1.807, 2.05) is 57.5 Å². The van der Waals surface area contributed by atoms with E-state index in [9.17, 15) is 28.7 Å². The van der Waals surface area contributed by atoms with Gasteiger partial charge in [0.05, 0.1) is 62.3 Å². The van der Waals surface area contributed by atoms with Gasteiger partial charge >= 0.3 is 0 Å². The molecule has 0 bridgehead atoms. The lowest BCUT2D eigenvalue weighted by Crippen LogP contribution is -2.57. The quantitative estimate of drug-likeness (QED) is 0.00989. The SMILES string of the molecule is Cc1ncsc1-c1ccc(CNC(=O)[C@@H]2C[C@@H](O)CN2C(=O)[C@@H](NC(=O)CCCCCOCCOCCOCCCCCCOc2ccc(F)c(CNC(=O)c3cccc(NCC(N)=[N+](C)C(=N)c4ccncn4)c3)c2)C(C)(C)C)cc1. The van der Waals surface area contributed by atoms with Gasteiger partial charge in [-0.3, -0.25) is 19.2 Å². The van der Waals surface area contributed by atoms with Crippen molar-refractivity contribution in [1.82, 2.24) is 35.8 Å². The van der Waals surface area contributed by atoms with Crippen molar-refractivity contribution < 1.29 is 52.2 Å². The number of unbranched alkanes of at least 4 members (excludes halogenated alkanes) is 5. The molecule has 5 aromatic rings. The van der Waals surface area contributed by atoms with Crippen molar-refractivity contribution in [3.05, 3.63) is 125 Å². The van der Waals surface area contributed by atoms with Crippen molar-refractivity contribution in [1.29, 1.82) is 5.41 Å². The van der Waals surface area contributed by atoms with Crippen LogP contribution in [0, 0.1) is 23.6 Å².